The molecule has 8 nitrogen and oxygen atoms in total. The van der Waals surface area contributed by atoms with Crippen molar-refractivity contribution in [2.45, 2.75) is 45.3 Å². The van der Waals surface area contributed by atoms with Gasteiger partial charge >= 0.3 is 6.09 Å². The zero-order valence-electron chi connectivity index (χ0n) is 18.9. The first-order valence-corrected chi connectivity index (χ1v) is 11.2. The first-order valence-electron chi connectivity index (χ1n) is 11.2. The summed E-state index contributed by atoms with van der Waals surface area (Å²) in [5.41, 5.74) is 5.08. The first kappa shape index (κ1) is 22.4. The van der Waals surface area contributed by atoms with E-state index in [2.05, 4.69) is 40.9 Å². The fourth-order valence-corrected chi connectivity index (χ4v) is 4.47. The van der Waals surface area contributed by atoms with Crippen LogP contribution >= 0.6 is 0 Å². The van der Waals surface area contributed by atoms with E-state index in [0.717, 1.165) is 34.5 Å². The highest BCUT2D eigenvalue weighted by atomic mass is 16.4. The molecule has 2 aromatic carbocycles. The van der Waals surface area contributed by atoms with E-state index in [1.807, 2.05) is 52.3 Å². The molecule has 3 N–H and O–H groups in total. The van der Waals surface area contributed by atoms with Crippen LogP contribution in [0.3, 0.4) is 0 Å². The molecule has 0 radical (unpaired) electrons. The van der Waals surface area contributed by atoms with Gasteiger partial charge in [0.1, 0.15) is 0 Å². The molecule has 0 bridgehead atoms. The highest BCUT2D eigenvalue weighted by Gasteiger charge is 2.32. The molecule has 0 aliphatic carbocycles. The topological polar surface area (TPSA) is 99.5 Å². The third kappa shape index (κ3) is 5.16. The summed E-state index contributed by atoms with van der Waals surface area (Å²) in [6, 6.07) is 16.5. The van der Waals surface area contributed by atoms with E-state index < -0.39 is 6.09 Å². The van der Waals surface area contributed by atoms with E-state index in [1.54, 1.807) is 6.92 Å². The van der Waals surface area contributed by atoms with Crippen LogP contribution in [0.2, 0.25) is 0 Å². The average molecular weight is 448 g/mol. The van der Waals surface area contributed by atoms with Gasteiger partial charge in [-0.3, -0.25) is 9.48 Å². The Balaban J connectivity index is 1.60. The molecule has 0 unspecified atom stereocenters. The van der Waals surface area contributed by atoms with Gasteiger partial charge < -0.3 is 20.6 Å². The minimum Gasteiger partial charge on any atom is -0.465 e. The third-order valence-electron chi connectivity index (χ3n) is 5.94. The van der Waals surface area contributed by atoms with E-state index in [0.29, 0.717) is 19.5 Å². The quantitative estimate of drug-likeness (QED) is 0.463. The number of aromatic nitrogens is 2. The molecule has 1 aromatic heterocycles. The summed E-state index contributed by atoms with van der Waals surface area (Å²) in [4.78, 5) is 24.9. The van der Waals surface area contributed by atoms with Gasteiger partial charge in [0.2, 0.25) is 5.91 Å². The fourth-order valence-electron chi connectivity index (χ4n) is 4.47. The van der Waals surface area contributed by atoms with Crippen molar-refractivity contribution < 1.29 is 14.7 Å². The minimum absolute atomic E-state index is 0.0393. The Bertz CT molecular complexity index is 1130. The van der Waals surface area contributed by atoms with Crippen LogP contribution in [-0.2, 0) is 11.3 Å². The zero-order chi connectivity index (χ0) is 23.4. The average Bonchev–Trinajstić information content (AvgIpc) is 3.26. The molecular weight excluding hydrogens is 418 g/mol. The number of carbonyl (C=O) groups excluding carboxylic acids is 1. The summed E-state index contributed by atoms with van der Waals surface area (Å²) in [5.74, 6) is 0.0393. The number of rotatable bonds is 7. The second kappa shape index (κ2) is 9.77. The summed E-state index contributed by atoms with van der Waals surface area (Å²) in [6.07, 6.45) is 4.24. The Morgan fingerprint density at radius 3 is 2.67 bits per heavy atom. The molecule has 33 heavy (non-hydrogen) atoms. The summed E-state index contributed by atoms with van der Waals surface area (Å²) in [5, 5.41) is 19.1. The van der Waals surface area contributed by atoms with Crippen LogP contribution in [-0.4, -0.2) is 39.5 Å². The van der Waals surface area contributed by atoms with E-state index in [-0.39, 0.29) is 18.0 Å². The van der Waals surface area contributed by atoms with Crippen molar-refractivity contribution in [2.75, 3.05) is 16.8 Å². The highest BCUT2D eigenvalue weighted by molar-refractivity contribution is 5.94. The maximum Gasteiger partial charge on any atom is 0.404 e. The summed E-state index contributed by atoms with van der Waals surface area (Å²) >= 11 is 0. The van der Waals surface area contributed by atoms with E-state index in [4.69, 9.17) is 5.11 Å². The number of nitrogens with zero attached hydrogens (tertiary/aromatic N) is 3. The van der Waals surface area contributed by atoms with Crippen molar-refractivity contribution in [1.29, 1.82) is 0 Å². The molecular formula is C25H29N5O3. The van der Waals surface area contributed by atoms with Crippen LogP contribution in [0.1, 0.15) is 38.3 Å². The van der Waals surface area contributed by atoms with E-state index >= 15 is 0 Å². The zero-order valence-corrected chi connectivity index (χ0v) is 18.9. The largest absolute Gasteiger partial charge is 0.465 e. The maximum absolute atomic E-state index is 12.4. The molecule has 0 saturated heterocycles. The molecule has 8 heteroatoms. The van der Waals surface area contributed by atoms with Crippen LogP contribution in [0.5, 0.6) is 0 Å². The maximum atomic E-state index is 12.4. The Morgan fingerprint density at radius 2 is 1.94 bits per heavy atom. The number of hydrogen-bond donors (Lipinski definition) is 3. The molecule has 172 valence electrons. The number of aryl methyl sites for hydroxylation is 1. The van der Waals surface area contributed by atoms with Crippen molar-refractivity contribution in [2.24, 2.45) is 0 Å². The van der Waals surface area contributed by atoms with Gasteiger partial charge in [0.15, 0.2) is 0 Å². The second-order valence-corrected chi connectivity index (χ2v) is 8.39. The van der Waals surface area contributed by atoms with Gasteiger partial charge in [-0.05, 0) is 55.2 Å². The van der Waals surface area contributed by atoms with Gasteiger partial charge in [-0.1, -0.05) is 24.3 Å². The van der Waals surface area contributed by atoms with Gasteiger partial charge in [-0.25, -0.2) is 4.79 Å². The number of benzene rings is 2. The van der Waals surface area contributed by atoms with Crippen LogP contribution in [0.25, 0.3) is 11.1 Å². The predicted octanol–water partition coefficient (Wildman–Crippen LogP) is 4.51. The molecule has 2 heterocycles. The third-order valence-corrected chi connectivity index (χ3v) is 5.94. The minimum atomic E-state index is -1.02. The molecule has 0 spiro atoms. The van der Waals surface area contributed by atoms with Gasteiger partial charge in [0, 0.05) is 49.2 Å². The SMILES string of the molecule is CC(=O)N1c2ccc(-c3cnn(CCCNC(=O)O)c3)cc2[C@H](Nc2ccccc2)C[C@@H]1C. The Hall–Kier alpha value is -3.81. The predicted molar refractivity (Wildman–Crippen MR) is 128 cm³/mol. The van der Waals surface area contributed by atoms with Crippen molar-refractivity contribution in [3.63, 3.8) is 0 Å². The van der Waals surface area contributed by atoms with Gasteiger partial charge in [0.05, 0.1) is 12.2 Å². The van der Waals surface area contributed by atoms with Gasteiger partial charge in [0.25, 0.3) is 0 Å². The lowest BCUT2D eigenvalue weighted by atomic mass is 9.89. The molecule has 2 amide bonds. The van der Waals surface area contributed by atoms with Crippen LogP contribution in [0.4, 0.5) is 16.2 Å². The number of anilines is 2. The van der Waals surface area contributed by atoms with E-state index in [9.17, 15) is 9.59 Å². The van der Waals surface area contributed by atoms with Crippen LogP contribution in [0.15, 0.2) is 60.9 Å². The van der Waals surface area contributed by atoms with Crippen molar-refractivity contribution in [1.82, 2.24) is 15.1 Å². The molecule has 1 aliphatic heterocycles. The lowest BCUT2D eigenvalue weighted by molar-refractivity contribution is -0.117. The molecule has 3 aromatic rings. The number of fused-ring (bicyclic) bond motifs is 1. The molecule has 0 fully saturated rings. The van der Waals surface area contributed by atoms with Crippen molar-refractivity contribution in [3.8, 4) is 11.1 Å². The van der Waals surface area contributed by atoms with Crippen LogP contribution < -0.4 is 15.5 Å². The summed E-state index contributed by atoms with van der Waals surface area (Å²) < 4.78 is 1.82. The van der Waals surface area contributed by atoms with Crippen molar-refractivity contribution >= 4 is 23.4 Å². The fraction of sp³-hybridized carbons (Fsp3) is 0.320. The molecule has 1 aliphatic rings. The van der Waals surface area contributed by atoms with Crippen molar-refractivity contribution in [3.05, 3.63) is 66.5 Å². The van der Waals surface area contributed by atoms with E-state index in [1.165, 1.54) is 0 Å². The molecule has 4 rings (SSSR count). The Kier molecular flexibility index (Phi) is 6.63. The number of nitrogens with one attached hydrogen (secondary N) is 2. The van der Waals surface area contributed by atoms with Crippen LogP contribution in [0, 0.1) is 0 Å². The number of para-hydroxylation sites is 1. The first-order chi connectivity index (χ1) is 15.9. The number of carboxylic acid groups (broad SMARTS) is 1. The van der Waals surface area contributed by atoms with Gasteiger partial charge in [-0.2, -0.15) is 5.10 Å². The second-order valence-electron chi connectivity index (χ2n) is 8.39. The number of amides is 2. The number of carbonyl (C=O) groups is 2. The monoisotopic (exact) mass is 447 g/mol. The lowest BCUT2D eigenvalue weighted by Gasteiger charge is -2.39. The molecule has 2 atom stereocenters. The smallest absolute Gasteiger partial charge is 0.404 e. The summed E-state index contributed by atoms with van der Waals surface area (Å²) in [6.45, 7) is 4.71. The highest BCUT2D eigenvalue weighted by Crippen LogP contribution is 2.41. The molecule has 0 saturated carbocycles. The standard InChI is InChI=1S/C25H29N5O3/c1-17-13-23(28-21-7-4-3-5-8-21)22-14-19(9-10-24(22)30(17)18(2)31)20-15-27-29(16-20)12-6-11-26-25(32)33/h3-5,7-10,14-17,23,26,28H,6,11-13H2,1-2H3,(H,32,33)/t17-,23+/m0/s1. The number of hydrogen-bond acceptors (Lipinski definition) is 4. The summed E-state index contributed by atoms with van der Waals surface area (Å²) in [7, 11) is 0. The lowest BCUT2D eigenvalue weighted by Crippen LogP contribution is -2.43. The Labute approximate surface area is 193 Å². The van der Waals surface area contributed by atoms with Gasteiger partial charge in [-0.15, -0.1) is 0 Å². The normalized spacial score (nSPS) is 17.3. The Morgan fingerprint density at radius 1 is 1.15 bits per heavy atom.